The van der Waals surface area contributed by atoms with Gasteiger partial charge in [-0.05, 0) is 24.9 Å². The van der Waals surface area contributed by atoms with Gasteiger partial charge in [-0.25, -0.2) is 0 Å². The van der Waals surface area contributed by atoms with E-state index in [-0.39, 0.29) is 0 Å². The lowest BCUT2D eigenvalue weighted by molar-refractivity contribution is 0.339. The Kier molecular flexibility index (Phi) is 3.17. The summed E-state index contributed by atoms with van der Waals surface area (Å²) in [5.74, 6) is 0. The Balaban J connectivity index is 1.78. The number of rotatable bonds is 3. The molecule has 1 atom stereocenters. The second kappa shape index (κ2) is 4.58. The molecule has 76 valence electrons. The molecular formula is C12H18N2. The molecule has 0 aliphatic carbocycles. The Morgan fingerprint density at radius 3 is 2.71 bits per heavy atom. The molecule has 0 saturated carbocycles. The van der Waals surface area contributed by atoms with Gasteiger partial charge in [-0.3, -0.25) is 0 Å². The summed E-state index contributed by atoms with van der Waals surface area (Å²) in [5, 5.41) is 0. The highest BCUT2D eigenvalue weighted by atomic mass is 15.2. The summed E-state index contributed by atoms with van der Waals surface area (Å²) in [4.78, 5) is 2.46. The standard InChI is InChI=1S/C12H18N2/c13-12-7-9-14(10-12)8-6-11-4-2-1-3-5-11/h1-5,12H,6-10,13H2/t12-/m0/s1. The van der Waals surface area contributed by atoms with Crippen LogP contribution in [0.3, 0.4) is 0 Å². The van der Waals surface area contributed by atoms with Crippen molar-refractivity contribution in [3.8, 4) is 0 Å². The van der Waals surface area contributed by atoms with Crippen LogP contribution in [0, 0.1) is 0 Å². The SMILES string of the molecule is N[C@H]1CCN(CCc2ccccc2)C1. The minimum absolute atomic E-state index is 0.408. The van der Waals surface area contributed by atoms with Crippen LogP contribution in [0.15, 0.2) is 30.3 Å². The number of hydrogen-bond acceptors (Lipinski definition) is 2. The van der Waals surface area contributed by atoms with Crippen LogP contribution >= 0.6 is 0 Å². The second-order valence-electron chi connectivity index (χ2n) is 4.08. The average molecular weight is 190 g/mol. The Morgan fingerprint density at radius 1 is 1.29 bits per heavy atom. The van der Waals surface area contributed by atoms with Gasteiger partial charge in [0.15, 0.2) is 0 Å². The van der Waals surface area contributed by atoms with E-state index in [0.717, 1.165) is 25.9 Å². The lowest BCUT2D eigenvalue weighted by atomic mass is 10.1. The topological polar surface area (TPSA) is 29.3 Å². The van der Waals surface area contributed by atoms with Gasteiger partial charge in [0.2, 0.25) is 0 Å². The van der Waals surface area contributed by atoms with Crippen molar-refractivity contribution in [2.45, 2.75) is 18.9 Å². The van der Waals surface area contributed by atoms with Gasteiger partial charge in [0.05, 0.1) is 0 Å². The molecule has 0 aromatic heterocycles. The maximum atomic E-state index is 5.85. The predicted octanol–water partition coefficient (Wildman–Crippen LogP) is 1.26. The molecule has 1 fully saturated rings. The summed E-state index contributed by atoms with van der Waals surface area (Å²) >= 11 is 0. The molecule has 2 rings (SSSR count). The smallest absolute Gasteiger partial charge is 0.0180 e. The van der Waals surface area contributed by atoms with Crippen LogP contribution in [-0.4, -0.2) is 30.6 Å². The van der Waals surface area contributed by atoms with E-state index in [4.69, 9.17) is 5.73 Å². The predicted molar refractivity (Wildman–Crippen MR) is 59.2 cm³/mol. The first-order chi connectivity index (χ1) is 6.84. The normalized spacial score (nSPS) is 22.8. The molecule has 0 amide bonds. The molecule has 2 nitrogen and oxygen atoms in total. The van der Waals surface area contributed by atoms with Crippen LogP contribution in [0.1, 0.15) is 12.0 Å². The zero-order valence-electron chi connectivity index (χ0n) is 8.52. The Bertz CT molecular complexity index is 271. The summed E-state index contributed by atoms with van der Waals surface area (Å²) in [7, 11) is 0. The fourth-order valence-electron chi connectivity index (χ4n) is 2.00. The van der Waals surface area contributed by atoms with E-state index >= 15 is 0 Å². The quantitative estimate of drug-likeness (QED) is 0.777. The fourth-order valence-corrected chi connectivity index (χ4v) is 2.00. The van der Waals surface area contributed by atoms with Crippen molar-refractivity contribution in [3.05, 3.63) is 35.9 Å². The first kappa shape index (κ1) is 9.69. The van der Waals surface area contributed by atoms with E-state index in [1.165, 1.54) is 12.1 Å². The van der Waals surface area contributed by atoms with Crippen molar-refractivity contribution in [1.82, 2.24) is 4.90 Å². The van der Waals surface area contributed by atoms with Crippen molar-refractivity contribution in [1.29, 1.82) is 0 Å². The van der Waals surface area contributed by atoms with Gasteiger partial charge in [-0.15, -0.1) is 0 Å². The van der Waals surface area contributed by atoms with Crippen LogP contribution in [0.4, 0.5) is 0 Å². The highest BCUT2D eigenvalue weighted by Gasteiger charge is 2.17. The number of nitrogens with zero attached hydrogens (tertiary/aromatic N) is 1. The van der Waals surface area contributed by atoms with E-state index in [2.05, 4.69) is 35.2 Å². The minimum Gasteiger partial charge on any atom is -0.326 e. The van der Waals surface area contributed by atoms with Gasteiger partial charge in [0.1, 0.15) is 0 Å². The molecule has 1 aliphatic rings. The van der Waals surface area contributed by atoms with Crippen molar-refractivity contribution in [3.63, 3.8) is 0 Å². The van der Waals surface area contributed by atoms with E-state index in [0.29, 0.717) is 6.04 Å². The molecule has 2 N–H and O–H groups in total. The van der Waals surface area contributed by atoms with Crippen LogP contribution in [0.2, 0.25) is 0 Å². The van der Waals surface area contributed by atoms with E-state index < -0.39 is 0 Å². The summed E-state index contributed by atoms with van der Waals surface area (Å²) in [6, 6.07) is 11.1. The van der Waals surface area contributed by atoms with Gasteiger partial charge in [-0.2, -0.15) is 0 Å². The monoisotopic (exact) mass is 190 g/mol. The highest BCUT2D eigenvalue weighted by molar-refractivity contribution is 5.14. The first-order valence-corrected chi connectivity index (χ1v) is 5.36. The molecule has 1 aromatic carbocycles. The number of benzene rings is 1. The zero-order valence-corrected chi connectivity index (χ0v) is 8.52. The van der Waals surface area contributed by atoms with Crippen LogP contribution in [-0.2, 0) is 6.42 Å². The van der Waals surface area contributed by atoms with Gasteiger partial charge >= 0.3 is 0 Å². The van der Waals surface area contributed by atoms with Crippen molar-refractivity contribution >= 4 is 0 Å². The maximum absolute atomic E-state index is 5.85. The number of hydrogen-bond donors (Lipinski definition) is 1. The summed E-state index contributed by atoms with van der Waals surface area (Å²) < 4.78 is 0. The van der Waals surface area contributed by atoms with Crippen molar-refractivity contribution < 1.29 is 0 Å². The van der Waals surface area contributed by atoms with Gasteiger partial charge < -0.3 is 10.6 Å². The largest absolute Gasteiger partial charge is 0.326 e. The summed E-state index contributed by atoms with van der Waals surface area (Å²) in [5.41, 5.74) is 7.28. The number of likely N-dealkylation sites (tertiary alicyclic amines) is 1. The molecule has 0 unspecified atom stereocenters. The minimum atomic E-state index is 0.408. The maximum Gasteiger partial charge on any atom is 0.0180 e. The highest BCUT2D eigenvalue weighted by Crippen LogP contribution is 2.08. The Labute approximate surface area is 85.7 Å². The van der Waals surface area contributed by atoms with Crippen LogP contribution < -0.4 is 5.73 Å². The van der Waals surface area contributed by atoms with E-state index in [1.54, 1.807) is 0 Å². The molecule has 1 aliphatic heterocycles. The average Bonchev–Trinajstić information content (AvgIpc) is 2.63. The molecule has 1 heterocycles. The summed E-state index contributed by atoms with van der Waals surface area (Å²) in [6.07, 6.45) is 2.31. The second-order valence-corrected chi connectivity index (χ2v) is 4.08. The Hall–Kier alpha value is -0.860. The van der Waals surface area contributed by atoms with Crippen molar-refractivity contribution in [2.75, 3.05) is 19.6 Å². The third-order valence-electron chi connectivity index (χ3n) is 2.87. The third kappa shape index (κ3) is 2.56. The lowest BCUT2D eigenvalue weighted by Crippen LogP contribution is -2.28. The van der Waals surface area contributed by atoms with E-state index in [1.807, 2.05) is 0 Å². The molecule has 2 heteroatoms. The fraction of sp³-hybridized carbons (Fsp3) is 0.500. The molecule has 0 radical (unpaired) electrons. The van der Waals surface area contributed by atoms with Crippen LogP contribution in [0.25, 0.3) is 0 Å². The summed E-state index contributed by atoms with van der Waals surface area (Å²) in [6.45, 7) is 3.40. The Morgan fingerprint density at radius 2 is 2.07 bits per heavy atom. The van der Waals surface area contributed by atoms with Crippen LogP contribution in [0.5, 0.6) is 0 Å². The third-order valence-corrected chi connectivity index (χ3v) is 2.87. The van der Waals surface area contributed by atoms with Gasteiger partial charge in [0, 0.05) is 19.1 Å². The van der Waals surface area contributed by atoms with Crippen molar-refractivity contribution in [2.24, 2.45) is 5.73 Å². The molecular weight excluding hydrogens is 172 g/mol. The molecule has 0 bridgehead atoms. The van der Waals surface area contributed by atoms with Gasteiger partial charge in [0.25, 0.3) is 0 Å². The zero-order chi connectivity index (χ0) is 9.80. The molecule has 1 aromatic rings. The van der Waals surface area contributed by atoms with Gasteiger partial charge in [-0.1, -0.05) is 30.3 Å². The molecule has 1 saturated heterocycles. The lowest BCUT2D eigenvalue weighted by Gasteiger charge is -2.14. The molecule has 14 heavy (non-hydrogen) atoms. The molecule has 0 spiro atoms. The number of nitrogens with two attached hydrogens (primary N) is 1. The van der Waals surface area contributed by atoms with E-state index in [9.17, 15) is 0 Å². The first-order valence-electron chi connectivity index (χ1n) is 5.36.